The second-order valence-corrected chi connectivity index (χ2v) is 5.39. The predicted octanol–water partition coefficient (Wildman–Crippen LogP) is 2.69. The monoisotopic (exact) mass is 282 g/mol. The van der Waals surface area contributed by atoms with Crippen LogP contribution in [0.25, 0.3) is 0 Å². The lowest BCUT2D eigenvalue weighted by Gasteiger charge is -2.23. The van der Waals surface area contributed by atoms with E-state index in [9.17, 15) is 9.90 Å². The number of aryl methyl sites for hydroxylation is 1. The maximum Gasteiger partial charge on any atom is 0.339 e. The van der Waals surface area contributed by atoms with Gasteiger partial charge in [0.25, 0.3) is 0 Å². The molecular formula is C17H18N2O2. The molecule has 21 heavy (non-hydrogen) atoms. The van der Waals surface area contributed by atoms with E-state index in [0.29, 0.717) is 11.4 Å². The van der Waals surface area contributed by atoms with Gasteiger partial charge in [0.2, 0.25) is 0 Å². The van der Waals surface area contributed by atoms with Gasteiger partial charge in [-0.1, -0.05) is 24.3 Å². The standard InChI is InChI=1S/C17H18N2O2/c1-12-6-9-18-16(15(12)17(20)21)19-10-7-13-4-2-3-5-14(13)8-11-19/h2-6,9H,7-8,10-11H2,1H3,(H,20,21). The molecule has 0 amide bonds. The molecule has 1 N–H and O–H groups in total. The lowest BCUT2D eigenvalue weighted by molar-refractivity contribution is 0.0696. The van der Waals surface area contributed by atoms with Crippen LogP contribution in [0.15, 0.2) is 36.5 Å². The van der Waals surface area contributed by atoms with Crippen LogP contribution in [0.4, 0.5) is 5.82 Å². The molecule has 4 nitrogen and oxygen atoms in total. The van der Waals surface area contributed by atoms with Gasteiger partial charge in [0.15, 0.2) is 0 Å². The van der Waals surface area contributed by atoms with Crippen LogP contribution in [0, 0.1) is 6.92 Å². The van der Waals surface area contributed by atoms with Gasteiger partial charge in [-0.25, -0.2) is 9.78 Å². The van der Waals surface area contributed by atoms with Gasteiger partial charge in [-0.05, 0) is 42.5 Å². The molecule has 0 aliphatic carbocycles. The Kier molecular flexibility index (Phi) is 3.60. The third-order valence-electron chi connectivity index (χ3n) is 4.07. The molecule has 2 aromatic rings. The predicted molar refractivity (Wildman–Crippen MR) is 82.0 cm³/mol. The van der Waals surface area contributed by atoms with Crippen molar-refractivity contribution in [3.05, 3.63) is 58.8 Å². The van der Waals surface area contributed by atoms with Crippen molar-refractivity contribution in [1.29, 1.82) is 0 Å². The van der Waals surface area contributed by atoms with Crippen molar-refractivity contribution < 1.29 is 9.90 Å². The van der Waals surface area contributed by atoms with Crippen molar-refractivity contribution in [2.24, 2.45) is 0 Å². The summed E-state index contributed by atoms with van der Waals surface area (Å²) in [4.78, 5) is 18.0. The highest BCUT2D eigenvalue weighted by molar-refractivity contribution is 5.95. The number of carboxylic acid groups (broad SMARTS) is 1. The summed E-state index contributed by atoms with van der Waals surface area (Å²) in [5, 5.41) is 9.45. The number of carboxylic acids is 1. The second-order valence-electron chi connectivity index (χ2n) is 5.39. The van der Waals surface area contributed by atoms with Gasteiger partial charge in [-0.15, -0.1) is 0 Å². The van der Waals surface area contributed by atoms with Crippen molar-refractivity contribution in [2.75, 3.05) is 18.0 Å². The minimum Gasteiger partial charge on any atom is -0.478 e. The number of aromatic nitrogens is 1. The van der Waals surface area contributed by atoms with Crippen molar-refractivity contribution in [1.82, 2.24) is 4.98 Å². The maximum atomic E-state index is 11.5. The Hall–Kier alpha value is -2.36. The number of hydrogen-bond donors (Lipinski definition) is 1. The van der Waals surface area contributed by atoms with Gasteiger partial charge < -0.3 is 10.0 Å². The van der Waals surface area contributed by atoms with Crippen LogP contribution >= 0.6 is 0 Å². The summed E-state index contributed by atoms with van der Waals surface area (Å²) in [6, 6.07) is 10.2. The largest absolute Gasteiger partial charge is 0.478 e. The molecule has 2 heterocycles. The summed E-state index contributed by atoms with van der Waals surface area (Å²) in [7, 11) is 0. The fourth-order valence-corrected chi connectivity index (χ4v) is 2.93. The molecule has 0 saturated heterocycles. The molecule has 0 bridgehead atoms. The van der Waals surface area contributed by atoms with Crippen LogP contribution in [-0.2, 0) is 12.8 Å². The van der Waals surface area contributed by atoms with E-state index in [-0.39, 0.29) is 0 Å². The first-order valence-corrected chi connectivity index (χ1v) is 7.17. The SMILES string of the molecule is Cc1ccnc(N2CCc3ccccc3CC2)c1C(=O)O. The van der Waals surface area contributed by atoms with Gasteiger partial charge in [0.05, 0.1) is 0 Å². The molecule has 0 saturated carbocycles. The number of hydrogen-bond acceptors (Lipinski definition) is 3. The first kappa shape index (κ1) is 13.6. The highest BCUT2D eigenvalue weighted by atomic mass is 16.4. The van der Waals surface area contributed by atoms with Crippen molar-refractivity contribution >= 4 is 11.8 Å². The van der Waals surface area contributed by atoms with E-state index in [2.05, 4.69) is 34.1 Å². The average Bonchev–Trinajstić information content (AvgIpc) is 2.69. The topological polar surface area (TPSA) is 53.4 Å². The van der Waals surface area contributed by atoms with Crippen molar-refractivity contribution in [3.63, 3.8) is 0 Å². The molecule has 4 heteroatoms. The summed E-state index contributed by atoms with van der Waals surface area (Å²) in [6.07, 6.45) is 3.53. The number of pyridine rings is 1. The van der Waals surface area contributed by atoms with Gasteiger partial charge >= 0.3 is 5.97 Å². The lowest BCUT2D eigenvalue weighted by atomic mass is 10.0. The van der Waals surface area contributed by atoms with Crippen molar-refractivity contribution in [3.8, 4) is 0 Å². The normalized spacial score (nSPS) is 14.4. The van der Waals surface area contributed by atoms with Gasteiger partial charge in [0.1, 0.15) is 11.4 Å². The molecule has 3 rings (SSSR count). The van der Waals surface area contributed by atoms with E-state index in [4.69, 9.17) is 0 Å². The summed E-state index contributed by atoms with van der Waals surface area (Å²) in [5.41, 5.74) is 3.78. The Labute approximate surface area is 124 Å². The van der Waals surface area contributed by atoms with Crippen LogP contribution in [0.1, 0.15) is 27.0 Å². The maximum absolute atomic E-state index is 11.5. The average molecular weight is 282 g/mol. The third kappa shape index (κ3) is 2.61. The molecule has 0 atom stereocenters. The number of aromatic carboxylic acids is 1. The molecule has 0 fully saturated rings. The van der Waals surface area contributed by atoms with Crippen LogP contribution < -0.4 is 4.90 Å². The molecule has 1 aromatic heterocycles. The number of carbonyl (C=O) groups is 1. The molecule has 0 spiro atoms. The molecule has 0 radical (unpaired) electrons. The number of benzene rings is 1. The lowest BCUT2D eigenvalue weighted by Crippen LogP contribution is -2.29. The van der Waals surface area contributed by atoms with Gasteiger partial charge in [-0.2, -0.15) is 0 Å². The highest BCUT2D eigenvalue weighted by Gasteiger charge is 2.21. The quantitative estimate of drug-likeness (QED) is 0.920. The van der Waals surface area contributed by atoms with Crippen LogP contribution in [-0.4, -0.2) is 29.1 Å². The van der Waals surface area contributed by atoms with Gasteiger partial charge in [-0.3, -0.25) is 0 Å². The van der Waals surface area contributed by atoms with Crippen LogP contribution in [0.3, 0.4) is 0 Å². The summed E-state index contributed by atoms with van der Waals surface area (Å²) in [5.74, 6) is -0.312. The first-order valence-electron chi connectivity index (χ1n) is 7.17. The molecule has 0 unspecified atom stereocenters. The smallest absolute Gasteiger partial charge is 0.339 e. The van der Waals surface area contributed by atoms with E-state index in [1.54, 1.807) is 12.3 Å². The fraction of sp³-hybridized carbons (Fsp3) is 0.294. The molecule has 1 aromatic carbocycles. The summed E-state index contributed by atoms with van der Waals surface area (Å²) < 4.78 is 0. The Morgan fingerprint density at radius 3 is 2.33 bits per heavy atom. The minimum absolute atomic E-state index is 0.323. The third-order valence-corrected chi connectivity index (χ3v) is 4.07. The molecule has 108 valence electrons. The van der Waals surface area contributed by atoms with E-state index < -0.39 is 5.97 Å². The summed E-state index contributed by atoms with van der Waals surface area (Å²) >= 11 is 0. The number of fused-ring (bicyclic) bond motifs is 1. The zero-order valence-electron chi connectivity index (χ0n) is 12.0. The Balaban J connectivity index is 1.93. The minimum atomic E-state index is -0.905. The molecule has 1 aliphatic heterocycles. The van der Waals surface area contributed by atoms with Crippen LogP contribution in [0.5, 0.6) is 0 Å². The number of rotatable bonds is 2. The fourth-order valence-electron chi connectivity index (χ4n) is 2.93. The summed E-state index contributed by atoms with van der Waals surface area (Å²) in [6.45, 7) is 3.42. The zero-order valence-corrected chi connectivity index (χ0v) is 12.0. The van der Waals surface area contributed by atoms with Crippen molar-refractivity contribution in [2.45, 2.75) is 19.8 Å². The van der Waals surface area contributed by atoms with Crippen LogP contribution in [0.2, 0.25) is 0 Å². The zero-order chi connectivity index (χ0) is 14.8. The van der Waals surface area contributed by atoms with E-state index in [1.165, 1.54) is 11.1 Å². The number of anilines is 1. The first-order chi connectivity index (χ1) is 10.2. The van der Waals surface area contributed by atoms with E-state index in [0.717, 1.165) is 31.5 Å². The van der Waals surface area contributed by atoms with E-state index in [1.807, 2.05) is 6.92 Å². The second kappa shape index (κ2) is 5.56. The Bertz CT molecular complexity index is 655. The Morgan fingerprint density at radius 1 is 1.14 bits per heavy atom. The highest BCUT2D eigenvalue weighted by Crippen LogP contribution is 2.24. The molecule has 1 aliphatic rings. The number of nitrogens with zero attached hydrogens (tertiary/aromatic N) is 2. The van der Waals surface area contributed by atoms with Gasteiger partial charge in [0, 0.05) is 19.3 Å². The molecular weight excluding hydrogens is 264 g/mol. The Morgan fingerprint density at radius 2 is 1.76 bits per heavy atom. The van der Waals surface area contributed by atoms with E-state index >= 15 is 0 Å².